The summed E-state index contributed by atoms with van der Waals surface area (Å²) < 4.78 is 5.23. The van der Waals surface area contributed by atoms with Gasteiger partial charge in [0, 0.05) is 30.4 Å². The Bertz CT molecular complexity index is 1070. The maximum atomic E-state index is 12.9. The first-order valence-electron chi connectivity index (χ1n) is 10.6. The highest BCUT2D eigenvalue weighted by Crippen LogP contribution is 2.27. The van der Waals surface area contributed by atoms with Crippen LogP contribution in [0.2, 0.25) is 0 Å². The highest BCUT2D eigenvalue weighted by Gasteiger charge is 2.27. The lowest BCUT2D eigenvalue weighted by molar-refractivity contribution is -0.120. The number of hydrogen-bond acceptors (Lipinski definition) is 5. The van der Waals surface area contributed by atoms with Crippen LogP contribution in [0.25, 0.3) is 11.3 Å². The van der Waals surface area contributed by atoms with E-state index in [1.807, 2.05) is 48.5 Å². The van der Waals surface area contributed by atoms with E-state index in [1.165, 1.54) is 11.1 Å². The molecule has 0 spiro atoms. The first-order valence-corrected chi connectivity index (χ1v) is 10.6. The molecule has 1 unspecified atom stereocenters. The summed E-state index contributed by atoms with van der Waals surface area (Å²) in [5.74, 6) is 1.66. The molecule has 31 heavy (non-hydrogen) atoms. The number of aromatic nitrogens is 2. The number of ether oxygens (including phenoxy) is 1. The fourth-order valence-corrected chi connectivity index (χ4v) is 3.90. The number of nitrogens with one attached hydrogen (secondary N) is 1. The van der Waals surface area contributed by atoms with Crippen molar-refractivity contribution in [2.75, 3.05) is 30.4 Å². The van der Waals surface area contributed by atoms with Crippen LogP contribution >= 0.6 is 0 Å². The highest BCUT2D eigenvalue weighted by molar-refractivity contribution is 5.93. The van der Waals surface area contributed by atoms with Gasteiger partial charge in [0.05, 0.1) is 18.7 Å². The van der Waals surface area contributed by atoms with E-state index < -0.39 is 0 Å². The number of nitrogens with zero attached hydrogens (tertiary/aromatic N) is 3. The zero-order chi connectivity index (χ0) is 21.8. The molecule has 1 N–H and O–H groups in total. The molecule has 2 aromatic carbocycles. The van der Waals surface area contributed by atoms with Gasteiger partial charge in [0.2, 0.25) is 5.91 Å². The van der Waals surface area contributed by atoms with Crippen molar-refractivity contribution < 1.29 is 9.53 Å². The number of piperidine rings is 1. The van der Waals surface area contributed by atoms with Crippen molar-refractivity contribution in [2.45, 2.75) is 26.7 Å². The molecule has 1 fully saturated rings. The minimum Gasteiger partial charge on any atom is -0.497 e. The molecule has 0 aliphatic carbocycles. The number of aryl methyl sites for hydroxylation is 2. The molecule has 1 aliphatic rings. The van der Waals surface area contributed by atoms with E-state index >= 15 is 0 Å². The average Bonchev–Trinajstić information content (AvgIpc) is 2.81. The number of hydrogen-bond donors (Lipinski definition) is 1. The zero-order valence-electron chi connectivity index (χ0n) is 18.3. The molecule has 1 aromatic heterocycles. The Kier molecular flexibility index (Phi) is 6.16. The van der Waals surface area contributed by atoms with Gasteiger partial charge >= 0.3 is 0 Å². The number of rotatable bonds is 5. The van der Waals surface area contributed by atoms with Crippen molar-refractivity contribution in [1.82, 2.24) is 9.97 Å². The van der Waals surface area contributed by atoms with Crippen LogP contribution in [0.3, 0.4) is 0 Å². The summed E-state index contributed by atoms with van der Waals surface area (Å²) in [4.78, 5) is 24.0. The van der Waals surface area contributed by atoms with Gasteiger partial charge in [0.15, 0.2) is 0 Å². The highest BCUT2D eigenvalue weighted by atomic mass is 16.5. The molecule has 4 rings (SSSR count). The maximum absolute atomic E-state index is 12.9. The van der Waals surface area contributed by atoms with Gasteiger partial charge in [0.1, 0.15) is 17.9 Å². The van der Waals surface area contributed by atoms with Crippen molar-refractivity contribution in [1.29, 1.82) is 0 Å². The fraction of sp³-hybridized carbons (Fsp3) is 0.320. The van der Waals surface area contributed by atoms with Crippen LogP contribution in [0.1, 0.15) is 24.0 Å². The Labute approximate surface area is 183 Å². The second-order valence-corrected chi connectivity index (χ2v) is 8.06. The Hall–Kier alpha value is -3.41. The van der Waals surface area contributed by atoms with Crippen LogP contribution < -0.4 is 15.0 Å². The van der Waals surface area contributed by atoms with Crippen molar-refractivity contribution in [3.63, 3.8) is 0 Å². The molecular formula is C25H28N4O2. The van der Waals surface area contributed by atoms with E-state index in [4.69, 9.17) is 4.74 Å². The summed E-state index contributed by atoms with van der Waals surface area (Å²) in [6, 6.07) is 15.8. The summed E-state index contributed by atoms with van der Waals surface area (Å²) in [5, 5.41) is 3.09. The van der Waals surface area contributed by atoms with Crippen molar-refractivity contribution >= 4 is 17.4 Å². The van der Waals surface area contributed by atoms with Crippen LogP contribution in [-0.2, 0) is 4.79 Å². The average molecular weight is 417 g/mol. The smallest absolute Gasteiger partial charge is 0.229 e. The van der Waals surface area contributed by atoms with Crippen LogP contribution in [0.4, 0.5) is 11.5 Å². The summed E-state index contributed by atoms with van der Waals surface area (Å²) in [6.45, 7) is 5.66. The number of methoxy groups -OCH3 is 1. The Morgan fingerprint density at radius 3 is 2.61 bits per heavy atom. The number of amides is 1. The Morgan fingerprint density at radius 1 is 1.06 bits per heavy atom. The summed E-state index contributed by atoms with van der Waals surface area (Å²) in [5.41, 5.74) is 5.11. The van der Waals surface area contributed by atoms with Gasteiger partial charge in [-0.2, -0.15) is 0 Å². The number of anilines is 2. The van der Waals surface area contributed by atoms with Gasteiger partial charge in [-0.15, -0.1) is 0 Å². The summed E-state index contributed by atoms with van der Waals surface area (Å²) in [6.07, 6.45) is 3.42. The molecule has 1 saturated heterocycles. The van der Waals surface area contributed by atoms with Crippen molar-refractivity contribution in [3.05, 3.63) is 66.0 Å². The van der Waals surface area contributed by atoms with E-state index in [-0.39, 0.29) is 11.8 Å². The van der Waals surface area contributed by atoms with Crippen LogP contribution in [0.5, 0.6) is 5.75 Å². The van der Waals surface area contributed by atoms with E-state index in [1.54, 1.807) is 13.4 Å². The van der Waals surface area contributed by atoms with E-state index in [0.29, 0.717) is 6.54 Å². The predicted molar refractivity (Wildman–Crippen MR) is 124 cm³/mol. The number of benzene rings is 2. The molecule has 1 atom stereocenters. The molecular weight excluding hydrogens is 388 g/mol. The second kappa shape index (κ2) is 9.16. The first kappa shape index (κ1) is 20.8. The standard InChI is InChI=1S/C25H28N4O2/c1-17-6-9-21(13-18(17)2)28-25(30)20-5-4-12-29(15-20)24-14-23(26-16-27-24)19-7-10-22(31-3)11-8-19/h6-11,13-14,16,20H,4-5,12,15H2,1-3H3,(H,28,30). The third kappa shape index (κ3) is 4.85. The topological polar surface area (TPSA) is 67.3 Å². The van der Waals surface area contributed by atoms with Crippen molar-refractivity contribution in [3.8, 4) is 17.0 Å². The SMILES string of the molecule is COc1ccc(-c2cc(N3CCCC(C(=O)Nc4ccc(C)c(C)c4)C3)ncn2)cc1. The lowest BCUT2D eigenvalue weighted by atomic mass is 9.96. The number of carbonyl (C=O) groups is 1. The minimum atomic E-state index is -0.0743. The largest absolute Gasteiger partial charge is 0.497 e. The van der Waals surface area contributed by atoms with Crippen LogP contribution in [-0.4, -0.2) is 36.1 Å². The molecule has 6 heteroatoms. The molecule has 2 heterocycles. The van der Waals surface area contributed by atoms with Crippen LogP contribution in [0.15, 0.2) is 54.9 Å². The molecule has 1 amide bonds. The quantitative estimate of drug-likeness (QED) is 0.657. The molecule has 3 aromatic rings. The Balaban J connectivity index is 1.46. The molecule has 0 saturated carbocycles. The van der Waals surface area contributed by atoms with Gasteiger partial charge < -0.3 is 15.0 Å². The van der Waals surface area contributed by atoms with Gasteiger partial charge in [0.25, 0.3) is 0 Å². The van der Waals surface area contributed by atoms with Gasteiger partial charge in [-0.25, -0.2) is 9.97 Å². The first-order chi connectivity index (χ1) is 15.0. The van der Waals surface area contributed by atoms with Crippen molar-refractivity contribution in [2.24, 2.45) is 5.92 Å². The maximum Gasteiger partial charge on any atom is 0.229 e. The molecule has 1 aliphatic heterocycles. The molecule has 6 nitrogen and oxygen atoms in total. The normalized spacial score (nSPS) is 16.1. The monoisotopic (exact) mass is 416 g/mol. The molecule has 160 valence electrons. The van der Waals surface area contributed by atoms with E-state index in [0.717, 1.165) is 47.9 Å². The third-order valence-electron chi connectivity index (χ3n) is 5.93. The van der Waals surface area contributed by atoms with Crippen LogP contribution in [0, 0.1) is 19.8 Å². The lowest BCUT2D eigenvalue weighted by Crippen LogP contribution is -2.41. The van der Waals surface area contributed by atoms with Gasteiger partial charge in [-0.1, -0.05) is 6.07 Å². The van der Waals surface area contributed by atoms with Gasteiger partial charge in [-0.05, 0) is 74.2 Å². The summed E-state index contributed by atoms with van der Waals surface area (Å²) in [7, 11) is 1.65. The van der Waals surface area contributed by atoms with E-state index in [2.05, 4.69) is 34.0 Å². The lowest BCUT2D eigenvalue weighted by Gasteiger charge is -2.33. The number of carbonyl (C=O) groups excluding carboxylic acids is 1. The minimum absolute atomic E-state index is 0.0670. The Morgan fingerprint density at radius 2 is 1.87 bits per heavy atom. The third-order valence-corrected chi connectivity index (χ3v) is 5.93. The van der Waals surface area contributed by atoms with E-state index in [9.17, 15) is 4.79 Å². The molecule has 0 radical (unpaired) electrons. The zero-order valence-corrected chi connectivity index (χ0v) is 18.3. The molecule has 0 bridgehead atoms. The van der Waals surface area contributed by atoms with Gasteiger partial charge in [-0.3, -0.25) is 4.79 Å². The predicted octanol–water partition coefficient (Wildman–Crippen LogP) is 4.62. The fourth-order valence-electron chi connectivity index (χ4n) is 3.90. The second-order valence-electron chi connectivity index (χ2n) is 8.06. The summed E-state index contributed by atoms with van der Waals surface area (Å²) >= 11 is 0.